The van der Waals surface area contributed by atoms with Crippen LogP contribution >= 0.6 is 23.2 Å². The highest BCUT2D eigenvalue weighted by molar-refractivity contribution is 6.68. The van der Waals surface area contributed by atoms with Crippen molar-refractivity contribution in [3.8, 4) is 0 Å². The molecule has 0 fully saturated rings. The van der Waals surface area contributed by atoms with Crippen molar-refractivity contribution in [1.82, 2.24) is 0 Å². The molecule has 0 aromatic heterocycles. The molecule has 0 spiro atoms. The van der Waals surface area contributed by atoms with Gasteiger partial charge in [-0.05, 0) is 6.42 Å². The second-order valence-electron chi connectivity index (χ2n) is 6.18. The quantitative estimate of drug-likeness (QED) is 0.124. The van der Waals surface area contributed by atoms with E-state index in [0.29, 0.717) is 15.9 Å². The molecule has 0 aliphatic rings. The molecule has 0 bridgehead atoms. The van der Waals surface area contributed by atoms with Gasteiger partial charge in [-0.3, -0.25) is 4.79 Å². The second kappa shape index (κ2) is 18.6. The van der Waals surface area contributed by atoms with E-state index in [-0.39, 0.29) is 10.4 Å². The summed E-state index contributed by atoms with van der Waals surface area (Å²) in [5.41, 5.74) is 0. The fourth-order valence-electron chi connectivity index (χ4n) is 2.65. The molecule has 0 aromatic carbocycles. The summed E-state index contributed by atoms with van der Waals surface area (Å²) >= 11 is 11.4. The Kier molecular flexibility index (Phi) is 18.8. The Morgan fingerprint density at radius 2 is 1.17 bits per heavy atom. The van der Waals surface area contributed by atoms with E-state index in [1.165, 1.54) is 83.8 Å². The van der Waals surface area contributed by atoms with Crippen LogP contribution in [0.25, 0.3) is 0 Å². The number of ether oxygens (including phenoxy) is 1. The third-order valence-electron chi connectivity index (χ3n) is 4.08. The predicted octanol–water partition coefficient (Wildman–Crippen LogP) is 6.50. The van der Waals surface area contributed by atoms with Crippen LogP contribution in [0.5, 0.6) is 0 Å². The summed E-state index contributed by atoms with van der Waals surface area (Å²) in [6, 6.07) is 1.19. The number of unbranched alkanes of at least 4 members (excludes halogenated alkanes) is 12. The fourth-order valence-corrected chi connectivity index (χ4v) is 3.98. The molecule has 2 nitrogen and oxygen atoms in total. The van der Waals surface area contributed by atoms with Gasteiger partial charge in [-0.15, -0.1) is 23.2 Å². The van der Waals surface area contributed by atoms with Crippen molar-refractivity contribution in [2.75, 3.05) is 7.11 Å². The van der Waals surface area contributed by atoms with Crippen molar-refractivity contribution < 1.29 is 9.53 Å². The molecule has 0 amide bonds. The third-order valence-corrected chi connectivity index (χ3v) is 5.96. The number of hydrogen-bond acceptors (Lipinski definition) is 2. The molecule has 136 valence electrons. The van der Waals surface area contributed by atoms with Crippen molar-refractivity contribution >= 4 is 38.7 Å². The number of halogens is 2. The maximum Gasteiger partial charge on any atom is 0.305 e. The molecule has 0 atom stereocenters. The van der Waals surface area contributed by atoms with Crippen LogP contribution in [0.4, 0.5) is 0 Å². The summed E-state index contributed by atoms with van der Waals surface area (Å²) in [5, 5.41) is 0. The largest absolute Gasteiger partial charge is 0.469 e. The van der Waals surface area contributed by atoms with Gasteiger partial charge in [0.1, 0.15) is 0 Å². The van der Waals surface area contributed by atoms with Gasteiger partial charge in [-0.2, -0.15) is 0 Å². The average Bonchev–Trinajstić information content (AvgIpc) is 2.53. The van der Waals surface area contributed by atoms with Crippen LogP contribution in [0.1, 0.15) is 89.9 Å². The minimum absolute atomic E-state index is 0.0762. The van der Waals surface area contributed by atoms with Crippen molar-refractivity contribution in [1.29, 1.82) is 0 Å². The molecule has 0 saturated carbocycles. The van der Waals surface area contributed by atoms with Crippen molar-refractivity contribution in [3.63, 3.8) is 0 Å². The highest BCUT2D eigenvalue weighted by atomic mass is 35.5. The van der Waals surface area contributed by atoms with Gasteiger partial charge in [0.25, 0.3) is 0 Å². The van der Waals surface area contributed by atoms with Gasteiger partial charge in [-0.1, -0.05) is 83.1 Å². The maximum atomic E-state index is 10.9. The van der Waals surface area contributed by atoms with Crippen molar-refractivity contribution in [3.05, 3.63) is 0 Å². The number of methoxy groups -OCH3 is 1. The van der Waals surface area contributed by atoms with E-state index in [0.717, 1.165) is 12.8 Å². The third kappa shape index (κ3) is 20.2. The van der Waals surface area contributed by atoms with Gasteiger partial charge >= 0.3 is 5.97 Å². The van der Waals surface area contributed by atoms with Crippen LogP contribution in [0.3, 0.4) is 0 Å². The molecular weight excluding hydrogens is 347 g/mol. The first-order valence-corrected chi connectivity index (χ1v) is 11.4. The summed E-state index contributed by atoms with van der Waals surface area (Å²) in [5.74, 6) is -0.0762. The molecule has 2 radical (unpaired) electrons. The lowest BCUT2D eigenvalue weighted by molar-refractivity contribution is -0.140. The lowest BCUT2D eigenvalue weighted by atomic mass is 10.0. The Morgan fingerprint density at radius 1 is 0.783 bits per heavy atom. The lowest BCUT2D eigenvalue weighted by Crippen LogP contribution is -1.99. The van der Waals surface area contributed by atoms with E-state index in [4.69, 9.17) is 23.2 Å². The Morgan fingerprint density at radius 3 is 1.57 bits per heavy atom. The summed E-state index contributed by atoms with van der Waals surface area (Å²) < 4.78 is 4.48. The minimum atomic E-state index is -0.150. The first kappa shape index (κ1) is 23.3. The fraction of sp³-hybridized carbons (Fsp3) is 0.944. The Labute approximate surface area is 155 Å². The van der Waals surface area contributed by atoms with Crippen LogP contribution in [-0.2, 0) is 9.53 Å². The van der Waals surface area contributed by atoms with Gasteiger partial charge in [0.2, 0.25) is 0 Å². The minimum Gasteiger partial charge on any atom is -0.469 e. The maximum absolute atomic E-state index is 10.9. The molecular formula is C18H34Cl2O2Si. The first-order valence-electron chi connectivity index (χ1n) is 9.25. The van der Waals surface area contributed by atoms with Gasteiger partial charge in [0.15, 0.2) is 0 Å². The summed E-state index contributed by atoms with van der Waals surface area (Å²) in [6.07, 6.45) is 17.5. The van der Waals surface area contributed by atoms with E-state index >= 15 is 0 Å². The predicted molar refractivity (Wildman–Crippen MR) is 103 cm³/mol. The van der Waals surface area contributed by atoms with E-state index in [2.05, 4.69) is 4.74 Å². The summed E-state index contributed by atoms with van der Waals surface area (Å²) in [4.78, 5) is 10.9. The van der Waals surface area contributed by atoms with Crippen molar-refractivity contribution in [2.24, 2.45) is 0 Å². The van der Waals surface area contributed by atoms with Gasteiger partial charge in [-0.25, -0.2) is 0 Å². The highest BCUT2D eigenvalue weighted by Crippen LogP contribution is 2.14. The molecule has 0 unspecified atom stereocenters. The number of hydrogen-bond donors (Lipinski definition) is 0. The van der Waals surface area contributed by atoms with E-state index in [9.17, 15) is 4.79 Å². The molecule has 5 heteroatoms. The smallest absolute Gasteiger partial charge is 0.305 e. The van der Waals surface area contributed by atoms with Crippen LogP contribution in [-0.4, -0.2) is 27.1 Å². The zero-order valence-corrected chi connectivity index (χ0v) is 17.3. The van der Waals surface area contributed by atoms with Gasteiger partial charge < -0.3 is 4.74 Å². The Bertz CT molecular complexity index is 263. The van der Waals surface area contributed by atoms with Gasteiger partial charge in [0.05, 0.1) is 21.1 Å². The SMILES string of the molecule is COC(=O)CCCCCCCCCCCCCCC[Si]C(Cl)Cl. The van der Waals surface area contributed by atoms with Crippen LogP contribution in [0.2, 0.25) is 6.04 Å². The number of carbonyl (C=O) groups excluding carboxylic acids is 1. The monoisotopic (exact) mass is 380 g/mol. The molecule has 0 aliphatic carbocycles. The van der Waals surface area contributed by atoms with Crippen LogP contribution in [0, 0.1) is 0 Å². The first-order chi connectivity index (χ1) is 11.2. The van der Waals surface area contributed by atoms with E-state index in [1.54, 1.807) is 0 Å². The molecule has 0 heterocycles. The molecule has 23 heavy (non-hydrogen) atoms. The molecule has 0 saturated heterocycles. The molecule has 0 aliphatic heterocycles. The number of alkyl halides is 2. The van der Waals surface area contributed by atoms with Crippen LogP contribution < -0.4 is 0 Å². The zero-order valence-electron chi connectivity index (χ0n) is 14.8. The average molecular weight is 381 g/mol. The number of carbonyl (C=O) groups is 1. The molecule has 0 rings (SSSR count). The Hall–Kier alpha value is 0.267. The topological polar surface area (TPSA) is 26.3 Å². The zero-order chi connectivity index (χ0) is 17.2. The second-order valence-corrected chi connectivity index (χ2v) is 9.49. The number of rotatable bonds is 17. The van der Waals surface area contributed by atoms with Crippen molar-refractivity contribution in [2.45, 2.75) is 100 Å². The standard InChI is InChI=1S/C18H34Cl2O2Si/c1-22-17(21)15-13-11-9-7-5-3-2-4-6-8-10-12-14-16-23-18(19)20/h18H,2-16H2,1H3. The summed E-state index contributed by atoms with van der Waals surface area (Å²) in [6.45, 7) is 0. The normalized spacial score (nSPS) is 11.1. The lowest BCUT2D eigenvalue weighted by Gasteiger charge is -2.03. The number of esters is 1. The van der Waals surface area contributed by atoms with E-state index < -0.39 is 0 Å². The summed E-state index contributed by atoms with van der Waals surface area (Å²) in [7, 11) is 2.16. The van der Waals surface area contributed by atoms with E-state index in [1.807, 2.05) is 0 Å². The van der Waals surface area contributed by atoms with Crippen LogP contribution in [0.15, 0.2) is 0 Å². The Balaban J connectivity index is 3.01. The molecule has 0 N–H and O–H groups in total. The molecule has 0 aromatic rings. The highest BCUT2D eigenvalue weighted by Gasteiger charge is 2.00. The van der Waals surface area contributed by atoms with Gasteiger partial charge in [0, 0.05) is 6.42 Å².